The fourth-order valence-electron chi connectivity index (χ4n) is 2.88. The molecule has 94 valence electrons. The standard InChI is InChI=1S/C15H23NO/c1-10-6-11(2)8-13(7-10)15(16)14-4-5-17-9-12(14)3/h6-8,12,14-15H,4-5,9,16H2,1-3H3. The summed E-state index contributed by atoms with van der Waals surface area (Å²) in [7, 11) is 0. The monoisotopic (exact) mass is 233 g/mol. The van der Waals surface area contributed by atoms with Crippen LogP contribution >= 0.6 is 0 Å². The van der Waals surface area contributed by atoms with E-state index in [1.54, 1.807) is 0 Å². The van der Waals surface area contributed by atoms with Gasteiger partial charge < -0.3 is 10.5 Å². The Morgan fingerprint density at radius 3 is 2.47 bits per heavy atom. The zero-order valence-corrected chi connectivity index (χ0v) is 11.1. The van der Waals surface area contributed by atoms with Gasteiger partial charge in [0.2, 0.25) is 0 Å². The SMILES string of the molecule is Cc1cc(C)cc(C(N)C2CCOCC2C)c1. The van der Waals surface area contributed by atoms with Crippen LogP contribution < -0.4 is 5.73 Å². The van der Waals surface area contributed by atoms with Crippen molar-refractivity contribution in [2.24, 2.45) is 17.6 Å². The van der Waals surface area contributed by atoms with Crippen molar-refractivity contribution in [3.8, 4) is 0 Å². The molecule has 2 rings (SSSR count). The number of hydrogen-bond donors (Lipinski definition) is 1. The van der Waals surface area contributed by atoms with Crippen LogP contribution in [0.4, 0.5) is 0 Å². The first-order valence-electron chi connectivity index (χ1n) is 6.49. The predicted octanol–water partition coefficient (Wildman–Crippen LogP) is 2.98. The Hall–Kier alpha value is -0.860. The predicted molar refractivity (Wildman–Crippen MR) is 70.9 cm³/mol. The number of hydrogen-bond acceptors (Lipinski definition) is 2. The number of nitrogens with two attached hydrogens (primary N) is 1. The lowest BCUT2D eigenvalue weighted by molar-refractivity contribution is 0.0154. The Kier molecular flexibility index (Phi) is 3.85. The number of rotatable bonds is 2. The molecule has 0 amide bonds. The fraction of sp³-hybridized carbons (Fsp3) is 0.600. The fourth-order valence-corrected chi connectivity index (χ4v) is 2.88. The van der Waals surface area contributed by atoms with E-state index in [1.807, 2.05) is 0 Å². The quantitative estimate of drug-likeness (QED) is 0.852. The minimum Gasteiger partial charge on any atom is -0.381 e. The third-order valence-electron chi connectivity index (χ3n) is 3.80. The lowest BCUT2D eigenvalue weighted by Crippen LogP contribution is -2.34. The van der Waals surface area contributed by atoms with Crippen molar-refractivity contribution in [1.82, 2.24) is 0 Å². The zero-order chi connectivity index (χ0) is 12.4. The van der Waals surface area contributed by atoms with Gasteiger partial charge in [0.1, 0.15) is 0 Å². The average Bonchev–Trinajstić information content (AvgIpc) is 2.27. The van der Waals surface area contributed by atoms with E-state index in [1.165, 1.54) is 16.7 Å². The van der Waals surface area contributed by atoms with Gasteiger partial charge in [-0.1, -0.05) is 36.2 Å². The van der Waals surface area contributed by atoms with Crippen LogP contribution in [0.15, 0.2) is 18.2 Å². The third kappa shape index (κ3) is 2.88. The molecule has 3 atom stereocenters. The molecule has 0 spiro atoms. The molecule has 0 aromatic heterocycles. The Bertz CT molecular complexity index is 368. The molecule has 2 heteroatoms. The van der Waals surface area contributed by atoms with Crippen molar-refractivity contribution >= 4 is 0 Å². The van der Waals surface area contributed by atoms with E-state index in [0.717, 1.165) is 19.6 Å². The van der Waals surface area contributed by atoms with Gasteiger partial charge in [-0.15, -0.1) is 0 Å². The smallest absolute Gasteiger partial charge is 0.0494 e. The average molecular weight is 233 g/mol. The van der Waals surface area contributed by atoms with E-state index in [2.05, 4.69) is 39.0 Å². The molecule has 1 aliphatic rings. The van der Waals surface area contributed by atoms with E-state index in [9.17, 15) is 0 Å². The molecule has 2 N–H and O–H groups in total. The number of benzene rings is 1. The van der Waals surface area contributed by atoms with Gasteiger partial charge in [0.15, 0.2) is 0 Å². The third-order valence-corrected chi connectivity index (χ3v) is 3.80. The summed E-state index contributed by atoms with van der Waals surface area (Å²) in [5.74, 6) is 1.10. The largest absolute Gasteiger partial charge is 0.381 e. The molecule has 0 aliphatic carbocycles. The highest BCUT2D eigenvalue weighted by Gasteiger charge is 2.28. The van der Waals surface area contributed by atoms with Crippen molar-refractivity contribution in [1.29, 1.82) is 0 Å². The Morgan fingerprint density at radius 2 is 1.88 bits per heavy atom. The van der Waals surface area contributed by atoms with Crippen LogP contribution in [0.1, 0.15) is 36.1 Å². The maximum atomic E-state index is 6.44. The van der Waals surface area contributed by atoms with Crippen LogP contribution in [0.3, 0.4) is 0 Å². The highest BCUT2D eigenvalue weighted by Crippen LogP contribution is 2.32. The molecular formula is C15H23NO. The molecule has 0 saturated carbocycles. The molecule has 0 bridgehead atoms. The van der Waals surface area contributed by atoms with Crippen molar-refractivity contribution < 1.29 is 4.74 Å². The lowest BCUT2D eigenvalue weighted by Gasteiger charge is -2.33. The minimum absolute atomic E-state index is 0.146. The van der Waals surface area contributed by atoms with Crippen molar-refractivity contribution in [2.75, 3.05) is 13.2 Å². The molecule has 3 unspecified atom stereocenters. The highest BCUT2D eigenvalue weighted by molar-refractivity contribution is 5.31. The van der Waals surface area contributed by atoms with Gasteiger partial charge in [0.05, 0.1) is 0 Å². The lowest BCUT2D eigenvalue weighted by atomic mass is 9.80. The Morgan fingerprint density at radius 1 is 1.24 bits per heavy atom. The van der Waals surface area contributed by atoms with Gasteiger partial charge in [0, 0.05) is 19.3 Å². The summed E-state index contributed by atoms with van der Waals surface area (Å²) in [6.07, 6.45) is 1.08. The Labute approximate surface area is 104 Å². The van der Waals surface area contributed by atoms with Crippen LogP contribution in [0.25, 0.3) is 0 Å². The van der Waals surface area contributed by atoms with Gasteiger partial charge in [-0.2, -0.15) is 0 Å². The Balaban J connectivity index is 2.20. The first-order valence-corrected chi connectivity index (χ1v) is 6.49. The van der Waals surface area contributed by atoms with E-state index in [0.29, 0.717) is 11.8 Å². The molecule has 1 aromatic carbocycles. The molecule has 1 aliphatic heterocycles. The molecule has 1 fully saturated rings. The van der Waals surface area contributed by atoms with E-state index < -0.39 is 0 Å². The summed E-state index contributed by atoms with van der Waals surface area (Å²) in [6, 6.07) is 6.79. The maximum Gasteiger partial charge on any atom is 0.0494 e. The second kappa shape index (κ2) is 5.19. The van der Waals surface area contributed by atoms with Crippen LogP contribution in [-0.2, 0) is 4.74 Å². The van der Waals surface area contributed by atoms with Gasteiger partial charge in [-0.3, -0.25) is 0 Å². The first-order chi connectivity index (χ1) is 8.08. The molecular weight excluding hydrogens is 210 g/mol. The molecule has 1 aromatic rings. The second-order valence-corrected chi connectivity index (χ2v) is 5.45. The summed E-state index contributed by atoms with van der Waals surface area (Å²) in [5, 5.41) is 0. The number of aryl methyl sites for hydroxylation is 2. The van der Waals surface area contributed by atoms with E-state index >= 15 is 0 Å². The molecule has 1 saturated heterocycles. The van der Waals surface area contributed by atoms with Gasteiger partial charge in [-0.25, -0.2) is 0 Å². The van der Waals surface area contributed by atoms with Crippen LogP contribution in [0, 0.1) is 25.7 Å². The molecule has 17 heavy (non-hydrogen) atoms. The summed E-state index contributed by atoms with van der Waals surface area (Å²) in [4.78, 5) is 0. The number of ether oxygens (including phenoxy) is 1. The van der Waals surface area contributed by atoms with E-state index in [4.69, 9.17) is 10.5 Å². The van der Waals surface area contributed by atoms with Gasteiger partial charge in [0.25, 0.3) is 0 Å². The zero-order valence-electron chi connectivity index (χ0n) is 11.1. The summed E-state index contributed by atoms with van der Waals surface area (Å²) in [5.41, 5.74) is 10.3. The van der Waals surface area contributed by atoms with Crippen molar-refractivity contribution in [3.63, 3.8) is 0 Å². The van der Waals surface area contributed by atoms with Crippen molar-refractivity contribution in [2.45, 2.75) is 33.2 Å². The molecule has 1 heterocycles. The first kappa shape index (κ1) is 12.6. The van der Waals surface area contributed by atoms with Gasteiger partial charge >= 0.3 is 0 Å². The second-order valence-electron chi connectivity index (χ2n) is 5.45. The van der Waals surface area contributed by atoms with E-state index in [-0.39, 0.29) is 6.04 Å². The topological polar surface area (TPSA) is 35.2 Å². The summed E-state index contributed by atoms with van der Waals surface area (Å²) < 4.78 is 5.49. The molecule has 2 nitrogen and oxygen atoms in total. The minimum atomic E-state index is 0.146. The summed E-state index contributed by atoms with van der Waals surface area (Å²) >= 11 is 0. The molecule has 0 radical (unpaired) electrons. The maximum absolute atomic E-state index is 6.44. The van der Waals surface area contributed by atoms with Crippen LogP contribution in [-0.4, -0.2) is 13.2 Å². The van der Waals surface area contributed by atoms with Crippen LogP contribution in [0.5, 0.6) is 0 Å². The highest BCUT2D eigenvalue weighted by atomic mass is 16.5. The summed E-state index contributed by atoms with van der Waals surface area (Å²) in [6.45, 7) is 8.22. The normalized spacial score (nSPS) is 26.8. The van der Waals surface area contributed by atoms with Crippen molar-refractivity contribution in [3.05, 3.63) is 34.9 Å². The van der Waals surface area contributed by atoms with Crippen LogP contribution in [0.2, 0.25) is 0 Å². The van der Waals surface area contributed by atoms with Gasteiger partial charge in [-0.05, 0) is 37.7 Å².